The average molecular weight is 276 g/mol. The van der Waals surface area contributed by atoms with Gasteiger partial charge < -0.3 is 10.1 Å². The van der Waals surface area contributed by atoms with Crippen molar-refractivity contribution >= 4 is 11.8 Å². The van der Waals surface area contributed by atoms with Crippen LogP contribution in [0.15, 0.2) is 6.07 Å². The van der Waals surface area contributed by atoms with Crippen molar-refractivity contribution in [2.24, 2.45) is 5.92 Å². The van der Waals surface area contributed by atoms with Gasteiger partial charge in [-0.15, -0.1) is 0 Å². The van der Waals surface area contributed by atoms with Crippen LogP contribution < -0.4 is 5.32 Å². The third kappa shape index (κ3) is 4.11. The Bertz CT molecular complexity index is 467. The minimum Gasteiger partial charge on any atom is -0.467 e. The van der Waals surface area contributed by atoms with Crippen LogP contribution in [-0.4, -0.2) is 24.1 Å². The maximum Gasteiger partial charge on any atom is 0.328 e. The van der Waals surface area contributed by atoms with Crippen molar-refractivity contribution in [2.75, 3.05) is 12.4 Å². The van der Waals surface area contributed by atoms with E-state index in [0.717, 1.165) is 0 Å². The topological polar surface area (TPSA) is 51.2 Å². The minimum absolute atomic E-state index is 0.116. The fourth-order valence-corrected chi connectivity index (χ4v) is 1.54. The third-order valence-electron chi connectivity index (χ3n) is 2.39. The van der Waals surface area contributed by atoms with Crippen LogP contribution in [0.3, 0.4) is 0 Å². The number of aromatic nitrogens is 1. The molecule has 0 aromatic carbocycles. The summed E-state index contributed by atoms with van der Waals surface area (Å²) in [7, 11) is 1.19. The highest BCUT2D eigenvalue weighted by atomic mass is 19.2. The van der Waals surface area contributed by atoms with Crippen LogP contribution in [0.5, 0.6) is 0 Å². The molecule has 0 aliphatic rings. The summed E-state index contributed by atoms with van der Waals surface area (Å²) in [4.78, 5) is 14.6. The number of halogens is 3. The number of carbonyl (C=O) groups excluding carboxylic acids is 1. The molecule has 0 bridgehead atoms. The zero-order chi connectivity index (χ0) is 14.6. The predicted octanol–water partition coefficient (Wildman–Crippen LogP) is 2.50. The molecule has 0 saturated carbocycles. The van der Waals surface area contributed by atoms with Crippen LogP contribution in [0.1, 0.15) is 20.3 Å². The van der Waals surface area contributed by atoms with Crippen molar-refractivity contribution in [1.82, 2.24) is 4.98 Å². The van der Waals surface area contributed by atoms with E-state index in [1.807, 2.05) is 13.8 Å². The van der Waals surface area contributed by atoms with Crippen LogP contribution in [-0.2, 0) is 9.53 Å². The maximum atomic E-state index is 13.4. The summed E-state index contributed by atoms with van der Waals surface area (Å²) in [6.45, 7) is 3.71. The summed E-state index contributed by atoms with van der Waals surface area (Å²) in [5, 5.41) is 2.43. The van der Waals surface area contributed by atoms with E-state index in [1.54, 1.807) is 0 Å². The highest BCUT2D eigenvalue weighted by Crippen LogP contribution is 2.18. The summed E-state index contributed by atoms with van der Waals surface area (Å²) in [5.74, 6) is -4.92. The molecule has 7 heteroatoms. The molecule has 1 rings (SSSR count). The number of nitrogens with zero attached hydrogens (tertiary/aromatic N) is 1. The number of hydrogen-bond donors (Lipinski definition) is 1. The Morgan fingerprint density at radius 2 is 2.00 bits per heavy atom. The van der Waals surface area contributed by atoms with Gasteiger partial charge in [-0.1, -0.05) is 13.8 Å². The lowest BCUT2D eigenvalue weighted by Gasteiger charge is -2.19. The number of hydrogen-bond acceptors (Lipinski definition) is 4. The number of esters is 1. The summed E-state index contributed by atoms with van der Waals surface area (Å²) < 4.78 is 43.7. The molecule has 1 atom stereocenters. The number of carbonyl (C=O) groups is 1. The lowest BCUT2D eigenvalue weighted by atomic mass is 10.0. The monoisotopic (exact) mass is 276 g/mol. The Labute approximate surface area is 109 Å². The van der Waals surface area contributed by atoms with E-state index in [0.29, 0.717) is 12.5 Å². The van der Waals surface area contributed by atoms with E-state index in [9.17, 15) is 18.0 Å². The van der Waals surface area contributed by atoms with Gasteiger partial charge in [-0.2, -0.15) is 9.37 Å². The van der Waals surface area contributed by atoms with Gasteiger partial charge >= 0.3 is 5.97 Å². The van der Waals surface area contributed by atoms with Crippen LogP contribution in [0, 0.1) is 23.5 Å². The Kier molecular flexibility index (Phi) is 5.14. The van der Waals surface area contributed by atoms with Gasteiger partial charge in [0, 0.05) is 6.07 Å². The van der Waals surface area contributed by atoms with Gasteiger partial charge in [0.25, 0.3) is 5.95 Å². The minimum atomic E-state index is -1.43. The first-order chi connectivity index (χ1) is 8.85. The number of ether oxygens (including phenoxy) is 1. The second-order valence-electron chi connectivity index (χ2n) is 4.44. The van der Waals surface area contributed by atoms with Crippen LogP contribution in [0.4, 0.5) is 19.0 Å². The van der Waals surface area contributed by atoms with E-state index in [4.69, 9.17) is 0 Å². The van der Waals surface area contributed by atoms with Gasteiger partial charge in [-0.3, -0.25) is 0 Å². The van der Waals surface area contributed by atoms with Gasteiger partial charge in [0.05, 0.1) is 7.11 Å². The Balaban J connectivity index is 2.96. The molecule has 1 heterocycles. The van der Waals surface area contributed by atoms with E-state index in [2.05, 4.69) is 15.0 Å². The van der Waals surface area contributed by atoms with Gasteiger partial charge in [0.1, 0.15) is 6.04 Å². The maximum absolute atomic E-state index is 13.4. The smallest absolute Gasteiger partial charge is 0.328 e. The molecule has 0 amide bonds. The first-order valence-corrected chi connectivity index (χ1v) is 5.71. The number of nitrogens with one attached hydrogen (secondary N) is 1. The van der Waals surface area contributed by atoms with Crippen molar-refractivity contribution in [3.8, 4) is 0 Å². The molecule has 0 radical (unpaired) electrons. The number of rotatable bonds is 5. The zero-order valence-electron chi connectivity index (χ0n) is 10.8. The van der Waals surface area contributed by atoms with Crippen LogP contribution in [0.2, 0.25) is 0 Å². The summed E-state index contributed by atoms with van der Waals surface area (Å²) >= 11 is 0. The average Bonchev–Trinajstić information content (AvgIpc) is 2.33. The van der Waals surface area contributed by atoms with Gasteiger partial charge in [0.2, 0.25) is 0 Å². The number of pyridine rings is 1. The molecule has 1 aromatic heterocycles. The molecule has 0 aliphatic heterocycles. The fourth-order valence-electron chi connectivity index (χ4n) is 1.54. The molecule has 1 unspecified atom stereocenters. The van der Waals surface area contributed by atoms with E-state index < -0.39 is 35.4 Å². The molecule has 1 N–H and O–H groups in total. The Morgan fingerprint density at radius 3 is 2.53 bits per heavy atom. The lowest BCUT2D eigenvalue weighted by molar-refractivity contribution is -0.141. The first-order valence-electron chi connectivity index (χ1n) is 5.71. The molecule has 0 spiro atoms. The van der Waals surface area contributed by atoms with Crippen molar-refractivity contribution in [3.05, 3.63) is 23.6 Å². The van der Waals surface area contributed by atoms with Crippen molar-refractivity contribution in [2.45, 2.75) is 26.3 Å². The third-order valence-corrected chi connectivity index (χ3v) is 2.39. The summed E-state index contributed by atoms with van der Waals surface area (Å²) in [5.41, 5.74) is 0. The van der Waals surface area contributed by atoms with Gasteiger partial charge in [-0.05, 0) is 12.3 Å². The van der Waals surface area contributed by atoms with Crippen molar-refractivity contribution in [3.63, 3.8) is 0 Å². The second kappa shape index (κ2) is 6.40. The molecule has 0 fully saturated rings. The van der Waals surface area contributed by atoms with Gasteiger partial charge in [-0.25, -0.2) is 13.6 Å². The van der Waals surface area contributed by atoms with E-state index in [-0.39, 0.29) is 5.92 Å². The second-order valence-corrected chi connectivity index (χ2v) is 4.44. The van der Waals surface area contributed by atoms with Crippen molar-refractivity contribution < 1.29 is 22.7 Å². The SMILES string of the molecule is COC(=O)C(CC(C)C)Nc1nc(F)c(F)cc1F. The lowest BCUT2D eigenvalue weighted by Crippen LogP contribution is -2.33. The van der Waals surface area contributed by atoms with E-state index in [1.165, 1.54) is 7.11 Å². The number of anilines is 1. The molecule has 4 nitrogen and oxygen atoms in total. The normalized spacial score (nSPS) is 12.4. The summed E-state index contributed by atoms with van der Waals surface area (Å²) in [6.07, 6.45) is 0.340. The van der Waals surface area contributed by atoms with Crippen LogP contribution >= 0.6 is 0 Å². The fraction of sp³-hybridized carbons (Fsp3) is 0.500. The highest BCUT2D eigenvalue weighted by Gasteiger charge is 2.23. The van der Waals surface area contributed by atoms with Crippen LogP contribution in [0.25, 0.3) is 0 Å². The zero-order valence-corrected chi connectivity index (χ0v) is 10.8. The molecule has 0 aliphatic carbocycles. The molecule has 19 heavy (non-hydrogen) atoms. The van der Waals surface area contributed by atoms with Gasteiger partial charge in [0.15, 0.2) is 17.5 Å². The highest BCUT2D eigenvalue weighted by molar-refractivity contribution is 5.78. The molecule has 1 aromatic rings. The Hall–Kier alpha value is -1.79. The molecular weight excluding hydrogens is 261 g/mol. The molecule has 0 saturated heterocycles. The Morgan fingerprint density at radius 1 is 1.37 bits per heavy atom. The predicted molar refractivity (Wildman–Crippen MR) is 63.0 cm³/mol. The van der Waals surface area contributed by atoms with E-state index >= 15 is 0 Å². The summed E-state index contributed by atoms with van der Waals surface area (Å²) in [6, 6.07) is -0.508. The quantitative estimate of drug-likeness (QED) is 0.663. The first kappa shape index (κ1) is 15.3. The van der Waals surface area contributed by atoms with Crippen molar-refractivity contribution in [1.29, 1.82) is 0 Å². The molecular formula is C12H15F3N2O2. The standard InChI is InChI=1S/C12H15F3N2O2/c1-6(2)4-9(12(18)19-3)16-11-8(14)5-7(13)10(15)17-11/h5-6,9H,4H2,1-3H3,(H,16,17). The largest absolute Gasteiger partial charge is 0.467 e. The number of methoxy groups -OCH3 is 1. The molecule has 106 valence electrons.